The first kappa shape index (κ1) is 18.9. The third-order valence-corrected chi connectivity index (χ3v) is 4.28. The molecule has 0 bridgehead atoms. The number of fused-ring (bicyclic) bond motifs is 1. The Hall–Kier alpha value is -2.84. The minimum atomic E-state index is -1.29. The average molecular weight is 396 g/mol. The Morgan fingerprint density at radius 2 is 2.19 bits per heavy atom. The topological polar surface area (TPSA) is 112 Å². The maximum absolute atomic E-state index is 14.7. The van der Waals surface area contributed by atoms with Crippen LogP contribution in [-0.2, 0) is 16.1 Å². The Labute approximate surface area is 157 Å². The molecule has 1 aliphatic rings. The van der Waals surface area contributed by atoms with Gasteiger partial charge in [-0.2, -0.15) is 0 Å². The second-order valence-electron chi connectivity index (χ2n) is 5.60. The number of hydrogen-bond acceptors (Lipinski definition) is 7. The second-order valence-corrected chi connectivity index (χ2v) is 6.00. The van der Waals surface area contributed by atoms with E-state index < -0.39 is 35.6 Å². The zero-order valence-corrected chi connectivity index (χ0v) is 14.9. The summed E-state index contributed by atoms with van der Waals surface area (Å²) >= 11 is 6.17. The Bertz CT molecular complexity index is 980. The molecule has 1 aromatic heterocycles. The number of aliphatic hydroxyl groups excluding tert-OH is 1. The molecule has 9 heteroatoms. The van der Waals surface area contributed by atoms with Gasteiger partial charge in [-0.15, -0.1) is 0 Å². The van der Waals surface area contributed by atoms with Crippen LogP contribution in [0.5, 0.6) is 5.75 Å². The number of carbonyl (C=O) groups is 1. The van der Waals surface area contributed by atoms with Crippen molar-refractivity contribution in [2.45, 2.75) is 19.4 Å². The molecule has 0 fully saturated rings. The fourth-order valence-corrected chi connectivity index (χ4v) is 3.12. The molecule has 27 heavy (non-hydrogen) atoms. The Balaban J connectivity index is 2.35. The van der Waals surface area contributed by atoms with Crippen LogP contribution >= 0.6 is 11.6 Å². The van der Waals surface area contributed by atoms with E-state index in [1.165, 1.54) is 12.1 Å². The number of halogens is 2. The maximum atomic E-state index is 14.7. The zero-order valence-electron chi connectivity index (χ0n) is 14.1. The van der Waals surface area contributed by atoms with Crippen LogP contribution in [0.15, 0.2) is 44.9 Å². The van der Waals surface area contributed by atoms with E-state index >= 15 is 0 Å². The van der Waals surface area contributed by atoms with Gasteiger partial charge in [-0.1, -0.05) is 17.7 Å². The Kier molecular flexibility index (Phi) is 5.20. The lowest BCUT2D eigenvalue weighted by Crippen LogP contribution is -2.30. The van der Waals surface area contributed by atoms with Crippen LogP contribution in [-0.4, -0.2) is 17.7 Å². The van der Waals surface area contributed by atoms with Crippen LogP contribution in [0.2, 0.25) is 5.02 Å². The number of hydrogen-bond donors (Lipinski definition) is 2. The summed E-state index contributed by atoms with van der Waals surface area (Å²) in [7, 11) is 0. The number of carbonyl (C=O) groups excluding carboxylic acids is 1. The number of ether oxygens (including phenoxy) is 2. The van der Waals surface area contributed by atoms with Gasteiger partial charge in [-0.25, -0.2) is 9.18 Å². The van der Waals surface area contributed by atoms with Crippen molar-refractivity contribution in [1.29, 1.82) is 0 Å². The summed E-state index contributed by atoms with van der Waals surface area (Å²) in [5.41, 5.74) is 4.82. The number of aliphatic hydroxyl groups is 1. The van der Waals surface area contributed by atoms with Crippen molar-refractivity contribution in [3.63, 3.8) is 0 Å². The molecule has 0 radical (unpaired) electrons. The molecular weight excluding hydrogens is 381 g/mol. The zero-order chi connectivity index (χ0) is 19.7. The smallest absolute Gasteiger partial charge is 0.340 e. The van der Waals surface area contributed by atoms with Crippen molar-refractivity contribution in [3.8, 4) is 5.75 Å². The number of benzene rings is 1. The van der Waals surface area contributed by atoms with Crippen LogP contribution in [0.3, 0.4) is 0 Å². The molecule has 2 heterocycles. The fourth-order valence-electron chi connectivity index (χ4n) is 2.85. The monoisotopic (exact) mass is 395 g/mol. The molecule has 7 nitrogen and oxygen atoms in total. The summed E-state index contributed by atoms with van der Waals surface area (Å²) in [5, 5.41) is 9.32. The van der Waals surface area contributed by atoms with E-state index in [-0.39, 0.29) is 40.0 Å². The third-order valence-electron chi connectivity index (χ3n) is 3.95. The molecule has 1 aromatic carbocycles. The van der Waals surface area contributed by atoms with Crippen molar-refractivity contribution in [3.05, 3.63) is 73.9 Å². The van der Waals surface area contributed by atoms with Crippen molar-refractivity contribution in [2.75, 3.05) is 6.61 Å². The standard InChI is InChI=1S/C18H15ClFNO6/c1-2-25-18(24)14-13(12-9(19)4-3-5-10(12)20)16-15(27-17(14)21)11(23)6-8(7-22)26-16/h3-6,13,22H,2,7,21H2,1H3/t13-/m0/s1. The molecule has 0 unspecified atom stereocenters. The number of rotatable bonds is 4. The molecule has 2 aromatic rings. The van der Waals surface area contributed by atoms with Crippen LogP contribution in [0.4, 0.5) is 4.39 Å². The first-order valence-corrected chi connectivity index (χ1v) is 8.33. The minimum absolute atomic E-state index is 0.0144. The highest BCUT2D eigenvalue weighted by molar-refractivity contribution is 6.31. The normalized spacial score (nSPS) is 15.9. The van der Waals surface area contributed by atoms with Crippen molar-refractivity contribution >= 4 is 17.6 Å². The Morgan fingerprint density at radius 3 is 2.81 bits per heavy atom. The molecule has 0 saturated heterocycles. The average Bonchev–Trinajstić information content (AvgIpc) is 2.62. The maximum Gasteiger partial charge on any atom is 0.340 e. The Morgan fingerprint density at radius 1 is 1.44 bits per heavy atom. The summed E-state index contributed by atoms with van der Waals surface area (Å²) in [4.78, 5) is 24.8. The highest BCUT2D eigenvalue weighted by Gasteiger charge is 2.41. The largest absolute Gasteiger partial charge is 0.462 e. The van der Waals surface area contributed by atoms with Gasteiger partial charge >= 0.3 is 5.97 Å². The van der Waals surface area contributed by atoms with Crippen molar-refractivity contribution < 1.29 is 28.2 Å². The summed E-state index contributed by atoms with van der Waals surface area (Å²) < 4.78 is 30.4. The second kappa shape index (κ2) is 7.42. The molecule has 142 valence electrons. The van der Waals surface area contributed by atoms with E-state index in [4.69, 9.17) is 31.2 Å². The first-order valence-electron chi connectivity index (χ1n) is 7.95. The minimum Gasteiger partial charge on any atom is -0.462 e. The van der Waals surface area contributed by atoms with E-state index in [0.29, 0.717) is 0 Å². The van der Waals surface area contributed by atoms with Gasteiger partial charge in [0.2, 0.25) is 17.1 Å². The van der Waals surface area contributed by atoms with Gasteiger partial charge in [0.05, 0.1) is 12.5 Å². The quantitative estimate of drug-likeness (QED) is 0.763. The SMILES string of the molecule is CCOC(=O)C1=C(N)Oc2c(oc(CO)cc2=O)[C@H]1c1c(F)cccc1Cl. The lowest BCUT2D eigenvalue weighted by molar-refractivity contribution is -0.139. The lowest BCUT2D eigenvalue weighted by atomic mass is 9.86. The molecular formula is C18H15ClFNO6. The molecule has 0 spiro atoms. The predicted octanol–water partition coefficient (Wildman–Crippen LogP) is 2.18. The van der Waals surface area contributed by atoms with Gasteiger partial charge in [0.15, 0.2) is 5.76 Å². The van der Waals surface area contributed by atoms with Gasteiger partial charge in [-0.05, 0) is 19.1 Å². The summed E-state index contributed by atoms with van der Waals surface area (Å²) in [5.74, 6) is -3.94. The number of esters is 1. The van der Waals surface area contributed by atoms with E-state index in [0.717, 1.165) is 12.1 Å². The fraction of sp³-hybridized carbons (Fsp3) is 0.222. The third kappa shape index (κ3) is 3.29. The molecule has 0 saturated carbocycles. The molecule has 0 amide bonds. The van der Waals surface area contributed by atoms with Gasteiger partial charge in [0.25, 0.3) is 0 Å². The summed E-state index contributed by atoms with van der Waals surface area (Å²) in [6.45, 7) is 1.02. The molecule has 1 aliphatic heterocycles. The summed E-state index contributed by atoms with van der Waals surface area (Å²) in [6.07, 6.45) is 0. The predicted molar refractivity (Wildman–Crippen MR) is 92.6 cm³/mol. The molecule has 0 aliphatic carbocycles. The highest BCUT2D eigenvalue weighted by Crippen LogP contribution is 2.44. The van der Waals surface area contributed by atoms with Gasteiger partial charge < -0.3 is 24.7 Å². The first-order chi connectivity index (χ1) is 12.9. The van der Waals surface area contributed by atoms with E-state index in [2.05, 4.69) is 0 Å². The van der Waals surface area contributed by atoms with Crippen LogP contribution in [0, 0.1) is 5.82 Å². The van der Waals surface area contributed by atoms with E-state index in [1.54, 1.807) is 6.92 Å². The van der Waals surface area contributed by atoms with Crippen LogP contribution < -0.4 is 15.9 Å². The highest BCUT2D eigenvalue weighted by atomic mass is 35.5. The van der Waals surface area contributed by atoms with E-state index in [1.807, 2.05) is 0 Å². The van der Waals surface area contributed by atoms with Gasteiger partial charge in [0, 0.05) is 16.7 Å². The summed E-state index contributed by atoms with van der Waals surface area (Å²) in [6, 6.07) is 4.96. The lowest BCUT2D eigenvalue weighted by Gasteiger charge is -2.27. The van der Waals surface area contributed by atoms with Gasteiger partial charge in [-0.3, -0.25) is 4.79 Å². The molecule has 1 atom stereocenters. The van der Waals surface area contributed by atoms with E-state index in [9.17, 15) is 19.1 Å². The van der Waals surface area contributed by atoms with Crippen molar-refractivity contribution in [1.82, 2.24) is 0 Å². The molecule has 3 N–H and O–H groups in total. The van der Waals surface area contributed by atoms with Gasteiger partial charge in [0.1, 0.15) is 23.8 Å². The van der Waals surface area contributed by atoms with Crippen molar-refractivity contribution in [2.24, 2.45) is 5.73 Å². The number of nitrogens with two attached hydrogens (primary N) is 1. The van der Waals surface area contributed by atoms with Crippen LogP contribution in [0.25, 0.3) is 0 Å². The molecule has 3 rings (SSSR count). The van der Waals surface area contributed by atoms with Crippen LogP contribution in [0.1, 0.15) is 29.9 Å².